The van der Waals surface area contributed by atoms with E-state index < -0.39 is 0 Å². The average Bonchev–Trinajstić information content (AvgIpc) is 2.77. The Morgan fingerprint density at radius 3 is 2.19 bits per heavy atom. The smallest absolute Gasteiger partial charge is 0.257 e. The summed E-state index contributed by atoms with van der Waals surface area (Å²) in [6.07, 6.45) is 0. The van der Waals surface area contributed by atoms with E-state index in [1.165, 1.54) is 0 Å². The zero-order valence-corrected chi connectivity index (χ0v) is 18.4. The topological polar surface area (TPSA) is 97.9 Å². The van der Waals surface area contributed by atoms with Crippen LogP contribution >= 0.6 is 12.2 Å². The summed E-state index contributed by atoms with van der Waals surface area (Å²) < 4.78 is 15.6. The Morgan fingerprint density at radius 1 is 0.903 bits per heavy atom. The van der Waals surface area contributed by atoms with Crippen LogP contribution in [0.4, 0.5) is 5.69 Å². The van der Waals surface area contributed by atoms with Crippen LogP contribution in [0, 0.1) is 0 Å². The first kappa shape index (κ1) is 24.3. The first-order valence-electron chi connectivity index (χ1n) is 9.83. The van der Waals surface area contributed by atoms with Crippen molar-refractivity contribution in [1.82, 2.24) is 10.6 Å². The fourth-order valence-electron chi connectivity index (χ4n) is 2.48. The van der Waals surface area contributed by atoms with Gasteiger partial charge in [-0.1, -0.05) is 0 Å². The number of amides is 2. The third-order valence-electron chi connectivity index (χ3n) is 4.04. The Labute approximate surface area is 187 Å². The predicted octanol–water partition coefficient (Wildman–Crippen LogP) is 2.60. The normalized spacial score (nSPS) is 10.3. The minimum absolute atomic E-state index is 0.152. The molecule has 8 nitrogen and oxygen atoms in total. The molecule has 2 rings (SSSR count). The van der Waals surface area contributed by atoms with Crippen molar-refractivity contribution >= 4 is 34.8 Å². The van der Waals surface area contributed by atoms with Crippen LogP contribution in [0.15, 0.2) is 48.5 Å². The van der Waals surface area contributed by atoms with Gasteiger partial charge >= 0.3 is 0 Å². The summed E-state index contributed by atoms with van der Waals surface area (Å²) in [6.45, 7) is 4.41. The highest BCUT2D eigenvalue weighted by Gasteiger charge is 2.09. The van der Waals surface area contributed by atoms with Crippen LogP contribution in [0.25, 0.3) is 0 Å². The van der Waals surface area contributed by atoms with Crippen molar-refractivity contribution in [2.45, 2.75) is 6.92 Å². The Balaban J connectivity index is 1.81. The molecule has 0 atom stereocenters. The van der Waals surface area contributed by atoms with E-state index in [1.54, 1.807) is 55.6 Å². The number of carbonyl (C=O) groups is 2. The second-order valence-corrected chi connectivity index (χ2v) is 6.71. The van der Waals surface area contributed by atoms with Gasteiger partial charge in [0.05, 0.1) is 13.2 Å². The van der Waals surface area contributed by atoms with Crippen molar-refractivity contribution in [3.63, 3.8) is 0 Å². The molecule has 0 saturated heterocycles. The molecule has 0 unspecified atom stereocenters. The molecular weight excluding hydrogens is 418 g/mol. The van der Waals surface area contributed by atoms with E-state index in [0.717, 1.165) is 0 Å². The van der Waals surface area contributed by atoms with Gasteiger partial charge in [-0.15, -0.1) is 0 Å². The number of ether oxygens (including phenoxy) is 3. The molecule has 2 amide bonds. The number of hydrogen-bond donors (Lipinski definition) is 3. The van der Waals surface area contributed by atoms with E-state index in [4.69, 9.17) is 26.4 Å². The summed E-state index contributed by atoms with van der Waals surface area (Å²) in [7, 11) is 1.57. The zero-order valence-electron chi connectivity index (χ0n) is 17.6. The van der Waals surface area contributed by atoms with Gasteiger partial charge in [0, 0.05) is 37.1 Å². The number of thiocarbonyl (C=S) groups is 1. The van der Waals surface area contributed by atoms with Gasteiger partial charge in [0.1, 0.15) is 12.4 Å². The van der Waals surface area contributed by atoms with Crippen LogP contribution in [0.5, 0.6) is 5.75 Å². The summed E-state index contributed by atoms with van der Waals surface area (Å²) in [5.74, 6) is 0.126. The van der Waals surface area contributed by atoms with Crippen LogP contribution in [0.2, 0.25) is 0 Å². The molecule has 0 fully saturated rings. The molecule has 166 valence electrons. The number of nitrogens with one attached hydrogen (secondary N) is 3. The highest BCUT2D eigenvalue weighted by Crippen LogP contribution is 2.13. The third-order valence-corrected chi connectivity index (χ3v) is 4.24. The Kier molecular flexibility index (Phi) is 10.4. The fourth-order valence-corrected chi connectivity index (χ4v) is 2.69. The minimum Gasteiger partial charge on any atom is -0.491 e. The maximum absolute atomic E-state index is 12.4. The van der Waals surface area contributed by atoms with Crippen molar-refractivity contribution in [1.29, 1.82) is 0 Å². The molecule has 0 spiro atoms. The second-order valence-electron chi connectivity index (χ2n) is 6.30. The molecular formula is C22H27N3O5S. The van der Waals surface area contributed by atoms with Gasteiger partial charge in [0.25, 0.3) is 11.8 Å². The maximum atomic E-state index is 12.4. The molecule has 0 heterocycles. The summed E-state index contributed by atoms with van der Waals surface area (Å²) in [5, 5.41) is 8.44. The van der Waals surface area contributed by atoms with Gasteiger partial charge in [-0.25, -0.2) is 0 Å². The van der Waals surface area contributed by atoms with E-state index in [0.29, 0.717) is 55.5 Å². The molecule has 0 aliphatic heterocycles. The molecule has 0 aliphatic rings. The maximum Gasteiger partial charge on any atom is 0.257 e. The number of anilines is 1. The summed E-state index contributed by atoms with van der Waals surface area (Å²) in [4.78, 5) is 24.3. The van der Waals surface area contributed by atoms with E-state index in [9.17, 15) is 9.59 Å². The van der Waals surface area contributed by atoms with Crippen LogP contribution < -0.4 is 20.7 Å². The van der Waals surface area contributed by atoms with Crippen LogP contribution in [-0.2, 0) is 9.47 Å². The lowest BCUT2D eigenvalue weighted by atomic mass is 10.2. The fraction of sp³-hybridized carbons (Fsp3) is 0.318. The Hall–Kier alpha value is -3.01. The molecule has 3 N–H and O–H groups in total. The van der Waals surface area contributed by atoms with Crippen LogP contribution in [0.1, 0.15) is 27.6 Å². The lowest BCUT2D eigenvalue weighted by Gasteiger charge is -2.11. The average molecular weight is 446 g/mol. The van der Waals surface area contributed by atoms with E-state index >= 15 is 0 Å². The lowest BCUT2D eigenvalue weighted by Crippen LogP contribution is -2.34. The second kappa shape index (κ2) is 13.3. The third kappa shape index (κ3) is 8.71. The molecule has 0 bridgehead atoms. The molecule has 0 saturated carbocycles. The molecule has 2 aromatic carbocycles. The van der Waals surface area contributed by atoms with E-state index in [-0.39, 0.29) is 16.9 Å². The van der Waals surface area contributed by atoms with Crippen LogP contribution in [-0.4, -0.2) is 57.0 Å². The van der Waals surface area contributed by atoms with Crippen molar-refractivity contribution < 1.29 is 23.8 Å². The lowest BCUT2D eigenvalue weighted by molar-refractivity contribution is 0.0935. The first-order valence-corrected chi connectivity index (χ1v) is 10.2. The number of hydrogen-bond acceptors (Lipinski definition) is 6. The molecule has 2 aromatic rings. The van der Waals surface area contributed by atoms with Gasteiger partial charge in [0.15, 0.2) is 5.11 Å². The van der Waals surface area contributed by atoms with Gasteiger partial charge < -0.3 is 24.8 Å². The van der Waals surface area contributed by atoms with Crippen LogP contribution in [0.3, 0.4) is 0 Å². The standard InChI is InChI=1S/C22H27N3O5S/c1-3-29-14-15-30-19-10-6-17(7-11-19)21(27)25-22(31)24-18-8-4-16(5-9-18)20(26)23-12-13-28-2/h4-11H,3,12-15H2,1-2H3,(H,23,26)(H2,24,25,27,31). The van der Waals surface area contributed by atoms with Crippen molar-refractivity contribution in [3.8, 4) is 5.75 Å². The summed E-state index contributed by atoms with van der Waals surface area (Å²) >= 11 is 5.20. The minimum atomic E-state index is -0.340. The molecule has 9 heteroatoms. The predicted molar refractivity (Wildman–Crippen MR) is 123 cm³/mol. The highest BCUT2D eigenvalue weighted by molar-refractivity contribution is 7.80. The summed E-state index contributed by atoms with van der Waals surface area (Å²) in [6, 6.07) is 13.5. The van der Waals surface area contributed by atoms with Gasteiger partial charge in [-0.2, -0.15) is 0 Å². The Morgan fingerprint density at radius 2 is 1.55 bits per heavy atom. The molecule has 0 radical (unpaired) electrons. The number of methoxy groups -OCH3 is 1. The molecule has 0 aromatic heterocycles. The molecule has 0 aliphatic carbocycles. The van der Waals surface area contributed by atoms with Gasteiger partial charge in [0.2, 0.25) is 0 Å². The largest absolute Gasteiger partial charge is 0.491 e. The number of rotatable bonds is 11. The number of benzene rings is 2. The van der Waals surface area contributed by atoms with Crippen molar-refractivity contribution in [2.75, 3.05) is 45.4 Å². The zero-order chi connectivity index (χ0) is 22.5. The first-order chi connectivity index (χ1) is 15.0. The van der Waals surface area contributed by atoms with E-state index in [1.807, 2.05) is 6.92 Å². The quantitative estimate of drug-likeness (QED) is 0.361. The highest BCUT2D eigenvalue weighted by atomic mass is 32.1. The Bertz CT molecular complexity index is 856. The monoisotopic (exact) mass is 445 g/mol. The van der Waals surface area contributed by atoms with Gasteiger partial charge in [-0.05, 0) is 67.7 Å². The summed E-state index contributed by atoms with van der Waals surface area (Å²) in [5.41, 5.74) is 1.61. The van der Waals surface area contributed by atoms with Crippen molar-refractivity contribution in [2.24, 2.45) is 0 Å². The van der Waals surface area contributed by atoms with E-state index in [2.05, 4.69) is 16.0 Å². The molecule has 31 heavy (non-hydrogen) atoms. The number of carbonyl (C=O) groups excluding carboxylic acids is 2. The van der Waals surface area contributed by atoms with Crippen molar-refractivity contribution in [3.05, 3.63) is 59.7 Å². The van der Waals surface area contributed by atoms with Gasteiger partial charge in [-0.3, -0.25) is 14.9 Å². The SMILES string of the molecule is CCOCCOc1ccc(C(=O)NC(=S)Nc2ccc(C(=O)NCCOC)cc2)cc1.